The summed E-state index contributed by atoms with van der Waals surface area (Å²) < 4.78 is 0. The first-order valence-corrected chi connectivity index (χ1v) is 8.21. The van der Waals surface area contributed by atoms with E-state index in [1.807, 2.05) is 0 Å². The van der Waals surface area contributed by atoms with E-state index in [9.17, 15) is 4.79 Å². The molecule has 4 unspecified atom stereocenters. The summed E-state index contributed by atoms with van der Waals surface area (Å²) in [4.78, 5) is 12.1. The second-order valence-corrected chi connectivity index (χ2v) is 7.27. The third kappa shape index (κ3) is 3.50. The van der Waals surface area contributed by atoms with Gasteiger partial charge in [0.25, 0.3) is 0 Å². The molecular formula is C16H28N2O. The van der Waals surface area contributed by atoms with E-state index in [1.54, 1.807) is 0 Å². The quantitative estimate of drug-likeness (QED) is 0.819. The lowest BCUT2D eigenvalue weighted by atomic mass is 9.89. The molecule has 3 heteroatoms. The molecule has 2 N–H and O–H groups in total. The van der Waals surface area contributed by atoms with E-state index in [-0.39, 0.29) is 0 Å². The molecule has 1 amide bonds. The fourth-order valence-electron chi connectivity index (χ4n) is 4.44. The first-order chi connectivity index (χ1) is 9.19. The second kappa shape index (κ2) is 5.82. The largest absolute Gasteiger partial charge is 0.356 e. The number of hydrogen-bond donors (Lipinski definition) is 2. The van der Waals surface area contributed by atoms with Gasteiger partial charge in [-0.1, -0.05) is 13.3 Å². The van der Waals surface area contributed by atoms with Gasteiger partial charge in [0.2, 0.25) is 5.91 Å². The topological polar surface area (TPSA) is 41.1 Å². The molecule has 2 bridgehead atoms. The number of piperidine rings is 1. The average Bonchev–Trinajstić information content (AvgIpc) is 2.93. The highest BCUT2D eigenvalue weighted by Gasteiger charge is 2.34. The van der Waals surface area contributed by atoms with Gasteiger partial charge in [-0.05, 0) is 56.3 Å². The fraction of sp³-hybridized carbons (Fsp3) is 0.938. The number of carbonyl (C=O) groups is 1. The van der Waals surface area contributed by atoms with Crippen molar-refractivity contribution in [2.45, 2.75) is 70.4 Å². The van der Waals surface area contributed by atoms with Crippen molar-refractivity contribution < 1.29 is 4.79 Å². The third-order valence-corrected chi connectivity index (χ3v) is 5.44. The minimum Gasteiger partial charge on any atom is -0.356 e. The summed E-state index contributed by atoms with van der Waals surface area (Å²) in [7, 11) is 0. The van der Waals surface area contributed by atoms with Crippen molar-refractivity contribution in [3.05, 3.63) is 0 Å². The second-order valence-electron chi connectivity index (χ2n) is 7.27. The Hall–Kier alpha value is -0.570. The van der Waals surface area contributed by atoms with Crippen LogP contribution >= 0.6 is 0 Å². The molecule has 0 aromatic carbocycles. The molecule has 0 aromatic rings. The molecule has 108 valence electrons. The molecule has 2 aliphatic heterocycles. The Labute approximate surface area is 116 Å². The summed E-state index contributed by atoms with van der Waals surface area (Å²) in [5.41, 5.74) is 0. The predicted molar refractivity (Wildman–Crippen MR) is 76.8 cm³/mol. The maximum absolute atomic E-state index is 12.1. The van der Waals surface area contributed by atoms with Crippen molar-refractivity contribution in [1.82, 2.24) is 10.6 Å². The van der Waals surface area contributed by atoms with Crippen LogP contribution in [-0.4, -0.2) is 24.5 Å². The molecule has 3 aliphatic rings. The zero-order chi connectivity index (χ0) is 13.2. The fourth-order valence-corrected chi connectivity index (χ4v) is 4.44. The summed E-state index contributed by atoms with van der Waals surface area (Å²) in [6, 6.07) is 1.40. The highest BCUT2D eigenvalue weighted by Crippen LogP contribution is 2.33. The Morgan fingerprint density at radius 1 is 1.05 bits per heavy atom. The minimum absolute atomic E-state index is 0.297. The standard InChI is InChI=1S/C16H28N2O/c1-11-2-3-12(6-11)10-17-16(19)9-13-7-14-4-5-15(8-13)18-14/h11-15,18H,2-10H2,1H3,(H,17,19). The van der Waals surface area contributed by atoms with Gasteiger partial charge >= 0.3 is 0 Å². The van der Waals surface area contributed by atoms with E-state index in [4.69, 9.17) is 0 Å². The Bertz CT molecular complexity index is 319. The zero-order valence-corrected chi connectivity index (χ0v) is 12.2. The lowest BCUT2D eigenvalue weighted by Gasteiger charge is -2.28. The highest BCUT2D eigenvalue weighted by molar-refractivity contribution is 5.76. The summed E-state index contributed by atoms with van der Waals surface area (Å²) >= 11 is 0. The van der Waals surface area contributed by atoms with Crippen molar-refractivity contribution in [3.63, 3.8) is 0 Å². The van der Waals surface area contributed by atoms with E-state index in [1.165, 1.54) is 44.9 Å². The Morgan fingerprint density at radius 3 is 2.42 bits per heavy atom. The SMILES string of the molecule is CC1CCC(CNC(=O)CC2CC3CCC(C2)N3)C1. The van der Waals surface area contributed by atoms with Crippen molar-refractivity contribution in [1.29, 1.82) is 0 Å². The van der Waals surface area contributed by atoms with Crippen molar-refractivity contribution in [3.8, 4) is 0 Å². The molecule has 1 aliphatic carbocycles. The molecule has 4 atom stereocenters. The lowest BCUT2D eigenvalue weighted by Crippen LogP contribution is -2.40. The normalized spacial score (nSPS) is 41.4. The van der Waals surface area contributed by atoms with E-state index < -0.39 is 0 Å². The molecule has 1 saturated carbocycles. The van der Waals surface area contributed by atoms with Gasteiger partial charge < -0.3 is 10.6 Å². The number of amides is 1. The van der Waals surface area contributed by atoms with E-state index in [2.05, 4.69) is 17.6 Å². The van der Waals surface area contributed by atoms with Crippen LogP contribution in [0.3, 0.4) is 0 Å². The molecule has 19 heavy (non-hydrogen) atoms. The van der Waals surface area contributed by atoms with Crippen LogP contribution in [0.2, 0.25) is 0 Å². The predicted octanol–water partition coefficient (Wildman–Crippen LogP) is 2.46. The number of fused-ring (bicyclic) bond motifs is 2. The van der Waals surface area contributed by atoms with Gasteiger partial charge in [0, 0.05) is 25.0 Å². The molecule has 0 aromatic heterocycles. The molecule has 3 nitrogen and oxygen atoms in total. The number of carbonyl (C=O) groups excluding carboxylic acids is 1. The van der Waals surface area contributed by atoms with Gasteiger partial charge in [-0.3, -0.25) is 4.79 Å². The van der Waals surface area contributed by atoms with Crippen LogP contribution in [0.1, 0.15) is 58.3 Å². The average molecular weight is 264 g/mol. The van der Waals surface area contributed by atoms with Crippen LogP contribution in [0.5, 0.6) is 0 Å². The van der Waals surface area contributed by atoms with Gasteiger partial charge in [0.05, 0.1) is 0 Å². The monoisotopic (exact) mass is 264 g/mol. The third-order valence-electron chi connectivity index (χ3n) is 5.44. The van der Waals surface area contributed by atoms with Crippen molar-refractivity contribution >= 4 is 5.91 Å². The molecular weight excluding hydrogens is 236 g/mol. The zero-order valence-electron chi connectivity index (χ0n) is 12.2. The van der Waals surface area contributed by atoms with Crippen molar-refractivity contribution in [2.24, 2.45) is 17.8 Å². The number of hydrogen-bond acceptors (Lipinski definition) is 2. The first kappa shape index (κ1) is 13.4. The molecule has 2 saturated heterocycles. The molecule has 0 radical (unpaired) electrons. The first-order valence-electron chi connectivity index (χ1n) is 8.21. The van der Waals surface area contributed by atoms with Gasteiger partial charge in [-0.25, -0.2) is 0 Å². The van der Waals surface area contributed by atoms with Gasteiger partial charge in [-0.15, -0.1) is 0 Å². The van der Waals surface area contributed by atoms with Gasteiger partial charge in [0.1, 0.15) is 0 Å². The molecule has 2 heterocycles. The molecule has 0 spiro atoms. The lowest BCUT2D eigenvalue weighted by molar-refractivity contribution is -0.122. The van der Waals surface area contributed by atoms with Crippen LogP contribution in [-0.2, 0) is 4.79 Å². The van der Waals surface area contributed by atoms with E-state index in [0.29, 0.717) is 23.9 Å². The van der Waals surface area contributed by atoms with Crippen LogP contribution < -0.4 is 10.6 Å². The smallest absolute Gasteiger partial charge is 0.220 e. The Morgan fingerprint density at radius 2 is 1.79 bits per heavy atom. The van der Waals surface area contributed by atoms with Crippen LogP contribution in [0.4, 0.5) is 0 Å². The Balaban J connectivity index is 1.37. The maximum Gasteiger partial charge on any atom is 0.220 e. The minimum atomic E-state index is 0.297. The highest BCUT2D eigenvalue weighted by atomic mass is 16.1. The van der Waals surface area contributed by atoms with Crippen LogP contribution in [0.25, 0.3) is 0 Å². The summed E-state index contributed by atoms with van der Waals surface area (Å²) in [5, 5.41) is 6.83. The van der Waals surface area contributed by atoms with Gasteiger partial charge in [0.15, 0.2) is 0 Å². The van der Waals surface area contributed by atoms with E-state index >= 15 is 0 Å². The van der Waals surface area contributed by atoms with Crippen LogP contribution in [0.15, 0.2) is 0 Å². The molecule has 3 fully saturated rings. The van der Waals surface area contributed by atoms with Crippen molar-refractivity contribution in [2.75, 3.05) is 6.54 Å². The summed E-state index contributed by atoms with van der Waals surface area (Å²) in [6.07, 6.45) is 9.78. The summed E-state index contributed by atoms with van der Waals surface area (Å²) in [5.74, 6) is 2.53. The van der Waals surface area contributed by atoms with Crippen LogP contribution in [0, 0.1) is 17.8 Å². The van der Waals surface area contributed by atoms with Gasteiger partial charge in [-0.2, -0.15) is 0 Å². The Kier molecular flexibility index (Phi) is 4.11. The number of nitrogens with one attached hydrogen (secondary N) is 2. The van der Waals surface area contributed by atoms with E-state index in [0.717, 1.165) is 24.8 Å². The number of rotatable bonds is 4. The molecule has 3 rings (SSSR count). The summed E-state index contributed by atoms with van der Waals surface area (Å²) in [6.45, 7) is 3.24. The maximum atomic E-state index is 12.1.